The van der Waals surface area contributed by atoms with Crippen molar-refractivity contribution in [2.24, 2.45) is 22.7 Å². The van der Waals surface area contributed by atoms with Gasteiger partial charge >= 0.3 is 33.7 Å². The first-order valence-electron chi connectivity index (χ1n) is 8.83. The summed E-state index contributed by atoms with van der Waals surface area (Å²) in [4.78, 5) is 0. The SMILES string of the molecule is CC1=[C-]C(C)C=C1C(C)(C)C.CC1=[C-]C(C)C=C1C(C)(C)C.Cl.Cl.[CH3-].[CH3-].[GeH2]=[Zr]. The molecule has 0 bridgehead atoms. The summed E-state index contributed by atoms with van der Waals surface area (Å²) < 4.78 is 0. The van der Waals surface area contributed by atoms with Crippen molar-refractivity contribution in [1.29, 1.82) is 0 Å². The van der Waals surface area contributed by atoms with Crippen LogP contribution < -0.4 is 0 Å². The Labute approximate surface area is 210 Å². The van der Waals surface area contributed by atoms with Crippen LogP contribution in [-0.2, 0) is 21.6 Å². The molecule has 0 heterocycles. The van der Waals surface area contributed by atoms with Crippen molar-refractivity contribution in [3.8, 4) is 0 Å². The van der Waals surface area contributed by atoms with E-state index in [4.69, 9.17) is 0 Å². The zero-order chi connectivity index (χ0) is 19.3. The van der Waals surface area contributed by atoms with Crippen LogP contribution in [0.15, 0.2) is 34.4 Å². The topological polar surface area (TPSA) is 0 Å². The molecule has 0 spiro atoms. The molecule has 166 valence electrons. The van der Waals surface area contributed by atoms with E-state index in [2.05, 4.69) is 93.5 Å². The molecule has 2 rings (SSSR count). The Morgan fingerprint density at radius 3 is 1.00 bits per heavy atom. The van der Waals surface area contributed by atoms with Crippen LogP contribution in [0.4, 0.5) is 0 Å². The quantitative estimate of drug-likeness (QED) is 0.210. The van der Waals surface area contributed by atoms with E-state index in [1.807, 2.05) is 0 Å². The average molecular weight is 567 g/mol. The normalized spacial score (nSPS) is 19.8. The first kappa shape index (κ1) is 39.4. The molecule has 0 radical (unpaired) electrons. The van der Waals surface area contributed by atoms with Gasteiger partial charge in [0.25, 0.3) is 0 Å². The first-order chi connectivity index (χ1) is 10.8. The van der Waals surface area contributed by atoms with E-state index >= 15 is 0 Å². The fourth-order valence-electron chi connectivity index (χ4n) is 3.30. The van der Waals surface area contributed by atoms with Crippen molar-refractivity contribution in [1.82, 2.24) is 0 Å². The number of hydrogen-bond donors (Lipinski definition) is 0. The number of hydrogen-bond acceptors (Lipinski definition) is 0. The van der Waals surface area contributed by atoms with Gasteiger partial charge in [0.1, 0.15) is 0 Å². The molecule has 2 atom stereocenters. The van der Waals surface area contributed by atoms with Gasteiger partial charge in [-0.05, 0) is 0 Å². The molecule has 0 nitrogen and oxygen atoms in total. The van der Waals surface area contributed by atoms with Crippen LogP contribution in [0.1, 0.15) is 69.2 Å². The summed E-state index contributed by atoms with van der Waals surface area (Å²) in [5, 5.41) is 0. The van der Waals surface area contributed by atoms with Gasteiger partial charge in [0, 0.05) is 0 Å². The van der Waals surface area contributed by atoms with Crippen molar-refractivity contribution < 1.29 is 21.6 Å². The fourth-order valence-corrected chi connectivity index (χ4v) is 3.30. The van der Waals surface area contributed by atoms with E-state index in [-0.39, 0.29) is 39.7 Å². The summed E-state index contributed by atoms with van der Waals surface area (Å²) in [5.74, 6) is 1.04. The Morgan fingerprint density at radius 1 is 0.714 bits per heavy atom. The van der Waals surface area contributed by atoms with Gasteiger partial charge in [0.15, 0.2) is 0 Å². The van der Waals surface area contributed by atoms with E-state index in [1.165, 1.54) is 34.4 Å². The third kappa shape index (κ3) is 13.3. The van der Waals surface area contributed by atoms with Crippen LogP contribution >= 0.6 is 24.8 Å². The van der Waals surface area contributed by atoms with E-state index in [0.717, 1.165) is 0 Å². The zero-order valence-corrected chi connectivity index (χ0v) is 27.4. The van der Waals surface area contributed by atoms with E-state index in [9.17, 15) is 0 Å². The molecule has 0 N–H and O–H groups in total. The van der Waals surface area contributed by atoms with Crippen LogP contribution in [0, 0.1) is 49.7 Å². The second kappa shape index (κ2) is 16.6. The molecule has 0 aromatic rings. The van der Waals surface area contributed by atoms with Gasteiger partial charge in [-0.15, -0.1) is 24.8 Å². The summed E-state index contributed by atoms with van der Waals surface area (Å²) in [6.45, 7) is 22.2. The van der Waals surface area contributed by atoms with Crippen molar-refractivity contribution in [3.05, 3.63) is 61.4 Å². The molecule has 2 unspecified atom stereocenters. The Hall–Kier alpha value is 0.966. The molecule has 0 aliphatic heterocycles. The van der Waals surface area contributed by atoms with Crippen LogP contribution in [0.25, 0.3) is 0 Å². The Morgan fingerprint density at radius 2 is 0.929 bits per heavy atom. The molecule has 0 saturated heterocycles. The third-order valence-corrected chi connectivity index (χ3v) is 4.15. The van der Waals surface area contributed by atoms with Crippen LogP contribution in [0.3, 0.4) is 0 Å². The maximum atomic E-state index is 3.40. The molecule has 4 heteroatoms. The molecule has 0 aromatic heterocycles. The van der Waals surface area contributed by atoms with Crippen LogP contribution in [0.2, 0.25) is 0 Å². The predicted octanol–water partition coefficient (Wildman–Crippen LogP) is 7.54. The Balaban J connectivity index is -0.000000102. The Kier molecular flexibility index (Phi) is 23.4. The predicted molar refractivity (Wildman–Crippen MR) is 134 cm³/mol. The molecular weight excluding hydrogens is 523 g/mol. The molecule has 0 aromatic carbocycles. The van der Waals surface area contributed by atoms with Crippen LogP contribution in [-0.4, -0.2) is 12.1 Å². The summed E-state index contributed by atoms with van der Waals surface area (Å²) in [5.41, 5.74) is 6.19. The zero-order valence-electron chi connectivity index (χ0n) is 20.3. The number of allylic oxidation sites excluding steroid dienone is 8. The van der Waals surface area contributed by atoms with Gasteiger partial charge in [-0.3, -0.25) is 12.2 Å². The summed E-state index contributed by atoms with van der Waals surface area (Å²) >= 11 is 3.14. The van der Waals surface area contributed by atoms with E-state index < -0.39 is 0 Å². The van der Waals surface area contributed by atoms with Gasteiger partial charge in [-0.2, -0.15) is 23.3 Å². The molecule has 0 fully saturated rings. The average Bonchev–Trinajstić information content (AvgIpc) is 2.93. The minimum absolute atomic E-state index is 0. The second-order valence-corrected chi connectivity index (χ2v) is 8.78. The van der Waals surface area contributed by atoms with Gasteiger partial charge in [0.05, 0.1) is 0 Å². The van der Waals surface area contributed by atoms with Crippen LogP contribution in [0.5, 0.6) is 0 Å². The Bertz CT molecular complexity index is 508. The van der Waals surface area contributed by atoms with Crippen molar-refractivity contribution in [2.45, 2.75) is 69.2 Å². The molecule has 0 amide bonds. The first-order valence-corrected chi connectivity index (χ1v) is 19.3. The minimum atomic E-state index is 0. The molecule has 0 saturated carbocycles. The summed E-state index contributed by atoms with van der Waals surface area (Å²) in [6.07, 6.45) is 11.4. The van der Waals surface area contributed by atoms with Crippen molar-refractivity contribution in [2.75, 3.05) is 0 Å². The molecular formula is C24H44Cl2GeZr-4. The summed E-state index contributed by atoms with van der Waals surface area (Å²) in [7, 11) is 0. The van der Waals surface area contributed by atoms with Gasteiger partial charge < -0.3 is 14.9 Å². The molecule has 2 aliphatic rings. The number of halogens is 2. The second-order valence-electron chi connectivity index (χ2n) is 8.78. The molecule has 2 aliphatic carbocycles. The fraction of sp³-hybridized carbons (Fsp3) is 0.583. The van der Waals surface area contributed by atoms with E-state index in [0.29, 0.717) is 22.7 Å². The third-order valence-electron chi connectivity index (χ3n) is 4.15. The van der Waals surface area contributed by atoms with Gasteiger partial charge in [0.2, 0.25) is 0 Å². The van der Waals surface area contributed by atoms with Crippen molar-refractivity contribution in [3.63, 3.8) is 0 Å². The standard InChI is InChI=1S/2C11H17.2CH3.2ClH.GeH2.Zr/c2*1-8-6-9(2)10(7-8)11(3,4)5;;;;;;/h2*7-8H,1-5H3;2*1H3;2*1H;1H2;/q4*-1;;;;. The number of rotatable bonds is 0. The summed E-state index contributed by atoms with van der Waals surface area (Å²) in [6, 6.07) is 0. The monoisotopic (exact) mass is 566 g/mol. The van der Waals surface area contributed by atoms with Crippen molar-refractivity contribution >= 4 is 37.0 Å². The van der Waals surface area contributed by atoms with E-state index in [1.54, 1.807) is 21.6 Å². The van der Waals surface area contributed by atoms with Gasteiger partial charge in [-0.1, -0.05) is 91.9 Å². The maximum absolute atomic E-state index is 3.40. The molecule has 28 heavy (non-hydrogen) atoms. The van der Waals surface area contributed by atoms with Gasteiger partial charge in [-0.25, -0.2) is 11.1 Å².